The predicted octanol–water partition coefficient (Wildman–Crippen LogP) is 5.35. The lowest BCUT2D eigenvalue weighted by Crippen LogP contribution is -2.55. The van der Waals surface area contributed by atoms with E-state index in [0.717, 1.165) is 18.2 Å². The third-order valence-electron chi connectivity index (χ3n) is 9.23. The van der Waals surface area contributed by atoms with Gasteiger partial charge < -0.3 is 14.4 Å². The predicted molar refractivity (Wildman–Crippen MR) is 198 cm³/mol. The molecule has 1 N–H and O–H groups in total. The Balaban J connectivity index is 1.33. The van der Waals surface area contributed by atoms with Crippen molar-refractivity contribution in [2.75, 3.05) is 24.6 Å². The Morgan fingerprint density at radius 2 is 1.71 bits per heavy atom. The number of fused-ring (bicyclic) bond motifs is 2. The number of aromatic nitrogens is 6. The molecule has 3 aromatic heterocycles. The van der Waals surface area contributed by atoms with Gasteiger partial charge in [0.15, 0.2) is 22.5 Å². The third kappa shape index (κ3) is 7.75. The van der Waals surface area contributed by atoms with Crippen molar-refractivity contribution < 1.29 is 26.9 Å². The third-order valence-corrected chi connectivity index (χ3v) is 12.1. The van der Waals surface area contributed by atoms with Gasteiger partial charge in [0.25, 0.3) is 0 Å². The molecule has 4 atom stereocenters. The fourth-order valence-electron chi connectivity index (χ4n) is 6.40. The van der Waals surface area contributed by atoms with Crippen LogP contribution in [0.3, 0.4) is 0 Å². The van der Waals surface area contributed by atoms with E-state index in [1.54, 1.807) is 37.8 Å². The van der Waals surface area contributed by atoms with Crippen LogP contribution in [0.4, 0.5) is 10.6 Å². The van der Waals surface area contributed by atoms with E-state index in [1.165, 1.54) is 4.68 Å². The van der Waals surface area contributed by atoms with Crippen molar-refractivity contribution >= 4 is 56.0 Å². The van der Waals surface area contributed by atoms with Gasteiger partial charge in [0.05, 0.1) is 62.8 Å². The van der Waals surface area contributed by atoms with Crippen LogP contribution in [-0.4, -0.2) is 91.0 Å². The average molecular weight is 743 g/mol. The molecule has 6 rings (SSSR count). The number of carbonyl (C=O) groups is 1. The first-order valence-corrected chi connectivity index (χ1v) is 19.5. The van der Waals surface area contributed by atoms with Crippen LogP contribution in [0.25, 0.3) is 27.8 Å². The van der Waals surface area contributed by atoms with Crippen molar-refractivity contribution in [3.05, 3.63) is 36.3 Å². The van der Waals surface area contributed by atoms with Crippen molar-refractivity contribution in [3.8, 4) is 5.69 Å². The largest absolute Gasteiger partial charge is 0.442 e. The summed E-state index contributed by atoms with van der Waals surface area (Å²) in [5, 5.41) is 9.68. The van der Waals surface area contributed by atoms with Gasteiger partial charge in [0.1, 0.15) is 23.4 Å². The van der Waals surface area contributed by atoms with Gasteiger partial charge in [0, 0.05) is 23.9 Å². The number of hydrogen-bond acceptors (Lipinski definition) is 11. The number of carbonyl (C=O) groups excluding carboxylic acids is 1. The van der Waals surface area contributed by atoms with Crippen molar-refractivity contribution in [3.63, 3.8) is 0 Å². The molecule has 278 valence electrons. The number of benzene rings is 1. The van der Waals surface area contributed by atoms with Crippen LogP contribution in [0.5, 0.6) is 0 Å². The zero-order chi connectivity index (χ0) is 37.1. The molecule has 0 radical (unpaired) electrons. The number of nitrogens with zero attached hydrogens (tertiary/aromatic N) is 7. The summed E-state index contributed by atoms with van der Waals surface area (Å²) in [7, 11) is -1.23. The standard InChI is InChI=1S/C35H50N8O6S2/c1-22-28(40-50(45)33(5,6)7)35(21-47-22)13-15-41(16-14-35)29-26(20-48-51(46)34(8,9)10)39-30-25(38-29)19-37-42(30)24-12-11-23-18-36-43(27(23)17-24)31(44)49-32(2,3)4/h11-12,17-19,22,28,40H,13-16,20-21H2,1-10H3/t22-,28+,50?,51?/m0/s1. The molecule has 0 bridgehead atoms. The van der Waals surface area contributed by atoms with Crippen LogP contribution in [0.2, 0.25) is 0 Å². The second-order valence-electron chi connectivity index (χ2n) is 16.5. The molecule has 14 nitrogen and oxygen atoms in total. The van der Waals surface area contributed by atoms with Crippen LogP contribution in [0.1, 0.15) is 87.8 Å². The second-order valence-corrected chi connectivity index (χ2v) is 20.4. The van der Waals surface area contributed by atoms with E-state index in [9.17, 15) is 13.2 Å². The Bertz CT molecular complexity index is 1980. The molecule has 0 saturated carbocycles. The van der Waals surface area contributed by atoms with Gasteiger partial charge in [0.2, 0.25) is 0 Å². The van der Waals surface area contributed by atoms with E-state index in [-0.39, 0.29) is 24.2 Å². The average Bonchev–Trinajstić information content (AvgIpc) is 3.74. The van der Waals surface area contributed by atoms with Crippen LogP contribution in [0.15, 0.2) is 30.6 Å². The molecule has 2 aliphatic rings. The lowest BCUT2D eigenvalue weighted by molar-refractivity contribution is 0.0522. The summed E-state index contributed by atoms with van der Waals surface area (Å²) in [5.41, 5.74) is 1.96. The molecule has 4 aromatic rings. The summed E-state index contributed by atoms with van der Waals surface area (Å²) < 4.78 is 49.1. The molecule has 0 aliphatic carbocycles. The van der Waals surface area contributed by atoms with Crippen LogP contribution in [-0.2, 0) is 42.3 Å². The van der Waals surface area contributed by atoms with E-state index in [1.807, 2.05) is 66.7 Å². The zero-order valence-corrected chi connectivity index (χ0v) is 32.8. The van der Waals surface area contributed by atoms with E-state index < -0.39 is 43.3 Å². The first-order valence-electron chi connectivity index (χ1n) is 17.3. The number of rotatable bonds is 7. The van der Waals surface area contributed by atoms with E-state index >= 15 is 0 Å². The van der Waals surface area contributed by atoms with Crippen LogP contribution in [0, 0.1) is 5.41 Å². The zero-order valence-electron chi connectivity index (χ0n) is 31.2. The van der Waals surface area contributed by atoms with Crippen molar-refractivity contribution in [2.45, 2.75) is 116 Å². The number of hydrogen-bond donors (Lipinski definition) is 1. The Hall–Kier alpha value is -3.31. The minimum atomic E-state index is -1.59. The normalized spacial score (nSPS) is 21.1. The van der Waals surface area contributed by atoms with E-state index in [4.69, 9.17) is 23.6 Å². The summed E-state index contributed by atoms with van der Waals surface area (Å²) in [6.45, 7) is 20.9. The second kappa shape index (κ2) is 13.6. The van der Waals surface area contributed by atoms with Crippen molar-refractivity contribution in [2.24, 2.45) is 5.41 Å². The highest BCUT2D eigenvalue weighted by Gasteiger charge is 2.51. The molecule has 2 unspecified atom stereocenters. The summed E-state index contributed by atoms with van der Waals surface area (Å²) in [6.07, 6.45) is 4.23. The molecular weight excluding hydrogens is 693 g/mol. The minimum absolute atomic E-state index is 0.0195. The van der Waals surface area contributed by atoms with Gasteiger partial charge in [-0.25, -0.2) is 32.6 Å². The lowest BCUT2D eigenvalue weighted by atomic mass is 9.73. The van der Waals surface area contributed by atoms with Crippen LogP contribution < -0.4 is 9.62 Å². The molecule has 1 aromatic carbocycles. The SMILES string of the molecule is C[C@@H]1OCC2(CCN(c3nc4cnn(-c5ccc6cnn(C(=O)OC(C)(C)C)c6c5)c4nc3COS(=O)C(C)(C)C)CC2)[C@@H]1NS(=O)C(C)(C)C. The Kier molecular flexibility index (Phi) is 9.98. The highest BCUT2D eigenvalue weighted by atomic mass is 32.2. The van der Waals surface area contributed by atoms with Crippen LogP contribution >= 0.6 is 0 Å². The van der Waals surface area contributed by atoms with Gasteiger partial charge in [-0.05, 0) is 100 Å². The van der Waals surface area contributed by atoms with E-state index in [0.29, 0.717) is 53.6 Å². The molecule has 16 heteroatoms. The van der Waals surface area contributed by atoms with E-state index in [2.05, 4.69) is 19.8 Å². The lowest BCUT2D eigenvalue weighted by Gasteiger charge is -2.43. The molecule has 2 aliphatic heterocycles. The molecule has 51 heavy (non-hydrogen) atoms. The molecule has 5 heterocycles. The van der Waals surface area contributed by atoms with Gasteiger partial charge in [-0.15, -0.1) is 0 Å². The molecule has 2 fully saturated rings. The highest BCUT2D eigenvalue weighted by Crippen LogP contribution is 2.44. The maximum absolute atomic E-state index is 13.1. The highest BCUT2D eigenvalue weighted by molar-refractivity contribution is 7.84. The maximum Gasteiger partial charge on any atom is 0.435 e. The molecule has 0 amide bonds. The molecular formula is C35H50N8O6S2. The Labute approximate surface area is 304 Å². The van der Waals surface area contributed by atoms with Crippen molar-refractivity contribution in [1.29, 1.82) is 0 Å². The first-order chi connectivity index (χ1) is 23.8. The fraction of sp³-hybridized carbons (Fsp3) is 0.629. The topological polar surface area (TPSA) is 156 Å². The first kappa shape index (κ1) is 37.4. The quantitative estimate of drug-likeness (QED) is 0.261. The van der Waals surface area contributed by atoms with Gasteiger partial charge in [-0.1, -0.05) is 0 Å². The minimum Gasteiger partial charge on any atom is -0.442 e. The molecule has 1 spiro atoms. The molecule has 2 saturated heterocycles. The van der Waals surface area contributed by atoms with Gasteiger partial charge in [-0.3, -0.25) is 4.18 Å². The fourth-order valence-corrected chi connectivity index (χ4v) is 8.00. The number of ether oxygens (including phenoxy) is 2. The monoisotopic (exact) mass is 742 g/mol. The smallest absolute Gasteiger partial charge is 0.435 e. The Morgan fingerprint density at radius 1 is 1.00 bits per heavy atom. The van der Waals surface area contributed by atoms with Gasteiger partial charge in [-0.2, -0.15) is 14.9 Å². The summed E-state index contributed by atoms with van der Waals surface area (Å²) in [4.78, 5) is 25.2. The van der Waals surface area contributed by atoms with Crippen molar-refractivity contribution in [1.82, 2.24) is 34.3 Å². The van der Waals surface area contributed by atoms with Gasteiger partial charge >= 0.3 is 6.09 Å². The maximum atomic E-state index is 13.1. The summed E-state index contributed by atoms with van der Waals surface area (Å²) >= 11 is -1.59. The summed E-state index contributed by atoms with van der Waals surface area (Å²) in [6, 6.07) is 5.50. The Morgan fingerprint density at radius 3 is 2.35 bits per heavy atom. The summed E-state index contributed by atoms with van der Waals surface area (Å²) in [5.74, 6) is 0.649. The number of nitrogens with one attached hydrogen (secondary N) is 1. The number of piperidine rings is 1. The number of anilines is 1.